The number of nitrogens with two attached hydrogens (primary N) is 1. The fraction of sp³-hybridized carbons (Fsp3) is 0.929. The van der Waals surface area contributed by atoms with Crippen LogP contribution in [0.1, 0.15) is 51.9 Å². The minimum atomic E-state index is -0.171. The molecule has 0 saturated heterocycles. The van der Waals surface area contributed by atoms with E-state index in [1.807, 2.05) is 0 Å². The van der Waals surface area contributed by atoms with E-state index >= 15 is 0 Å². The van der Waals surface area contributed by atoms with E-state index in [0.29, 0.717) is 5.92 Å². The van der Waals surface area contributed by atoms with Gasteiger partial charge in [0.25, 0.3) is 0 Å². The standard InChI is InChI=1S/C14H26N2O2/c1-9-2-7-13(15)12(8-9)14(18)16-10-3-5-11(17)6-4-10/h9-13,17H,2-8,15H2,1H3,(H,16,18). The summed E-state index contributed by atoms with van der Waals surface area (Å²) in [6.45, 7) is 2.20. The van der Waals surface area contributed by atoms with Gasteiger partial charge in [0, 0.05) is 12.1 Å². The summed E-state index contributed by atoms with van der Waals surface area (Å²) < 4.78 is 0. The number of rotatable bonds is 2. The summed E-state index contributed by atoms with van der Waals surface area (Å²) in [5.41, 5.74) is 6.07. The molecule has 2 fully saturated rings. The van der Waals surface area contributed by atoms with Crippen molar-refractivity contribution in [3.8, 4) is 0 Å². The van der Waals surface area contributed by atoms with Crippen molar-refractivity contribution in [3.63, 3.8) is 0 Å². The topological polar surface area (TPSA) is 75.4 Å². The van der Waals surface area contributed by atoms with E-state index in [4.69, 9.17) is 5.73 Å². The van der Waals surface area contributed by atoms with Crippen LogP contribution < -0.4 is 11.1 Å². The maximum absolute atomic E-state index is 12.3. The Balaban J connectivity index is 1.83. The molecule has 0 heterocycles. The van der Waals surface area contributed by atoms with Crippen molar-refractivity contribution in [1.29, 1.82) is 0 Å². The molecule has 2 saturated carbocycles. The molecule has 0 aromatic heterocycles. The zero-order valence-electron chi connectivity index (χ0n) is 11.3. The minimum absolute atomic E-state index is 0.0133. The number of amides is 1. The summed E-state index contributed by atoms with van der Waals surface area (Å²) in [5, 5.41) is 12.6. The van der Waals surface area contributed by atoms with Gasteiger partial charge in [-0.1, -0.05) is 6.92 Å². The molecule has 0 bridgehead atoms. The first-order chi connectivity index (χ1) is 8.56. The number of hydrogen-bond donors (Lipinski definition) is 3. The molecule has 4 heteroatoms. The van der Waals surface area contributed by atoms with E-state index in [9.17, 15) is 9.90 Å². The highest BCUT2D eigenvalue weighted by Crippen LogP contribution is 2.28. The molecule has 1 amide bonds. The van der Waals surface area contributed by atoms with Gasteiger partial charge in [-0.3, -0.25) is 4.79 Å². The summed E-state index contributed by atoms with van der Waals surface area (Å²) >= 11 is 0. The highest BCUT2D eigenvalue weighted by atomic mass is 16.3. The number of aliphatic hydroxyl groups is 1. The number of carbonyl (C=O) groups excluding carboxylic acids is 1. The zero-order valence-corrected chi connectivity index (χ0v) is 11.3. The second kappa shape index (κ2) is 6.02. The Morgan fingerprint density at radius 1 is 1.17 bits per heavy atom. The minimum Gasteiger partial charge on any atom is -0.393 e. The third-order valence-electron chi connectivity index (χ3n) is 4.55. The van der Waals surface area contributed by atoms with Crippen LogP contribution in [-0.4, -0.2) is 29.2 Å². The number of aliphatic hydroxyl groups excluding tert-OH is 1. The van der Waals surface area contributed by atoms with Crippen LogP contribution in [0.5, 0.6) is 0 Å². The molecule has 0 aromatic rings. The summed E-state index contributed by atoms with van der Waals surface area (Å²) in [6.07, 6.45) is 6.24. The molecular formula is C14H26N2O2. The quantitative estimate of drug-likeness (QED) is 0.692. The van der Waals surface area contributed by atoms with Crippen molar-refractivity contribution in [2.75, 3.05) is 0 Å². The molecule has 0 radical (unpaired) electrons. The van der Waals surface area contributed by atoms with Crippen LogP contribution in [0.15, 0.2) is 0 Å². The molecule has 0 aromatic carbocycles. The van der Waals surface area contributed by atoms with Crippen LogP contribution in [0.2, 0.25) is 0 Å². The highest BCUT2D eigenvalue weighted by Gasteiger charge is 2.32. The molecule has 104 valence electrons. The first-order valence-corrected chi connectivity index (χ1v) is 7.30. The summed E-state index contributed by atoms with van der Waals surface area (Å²) in [6, 6.07) is 0.265. The zero-order chi connectivity index (χ0) is 13.1. The maximum atomic E-state index is 12.3. The lowest BCUT2D eigenvalue weighted by Crippen LogP contribution is -2.48. The van der Waals surface area contributed by atoms with Crippen LogP contribution in [0, 0.1) is 11.8 Å². The number of nitrogens with one attached hydrogen (secondary N) is 1. The van der Waals surface area contributed by atoms with Gasteiger partial charge in [-0.2, -0.15) is 0 Å². The lowest BCUT2D eigenvalue weighted by Gasteiger charge is -2.34. The number of hydrogen-bond acceptors (Lipinski definition) is 3. The van der Waals surface area contributed by atoms with Crippen LogP contribution in [0.25, 0.3) is 0 Å². The average molecular weight is 254 g/mol. The van der Waals surface area contributed by atoms with Crippen molar-refractivity contribution < 1.29 is 9.90 Å². The van der Waals surface area contributed by atoms with E-state index < -0.39 is 0 Å². The Labute approximate surface area is 109 Å². The van der Waals surface area contributed by atoms with Gasteiger partial charge in [-0.25, -0.2) is 0 Å². The van der Waals surface area contributed by atoms with Gasteiger partial charge >= 0.3 is 0 Å². The highest BCUT2D eigenvalue weighted by molar-refractivity contribution is 5.79. The Morgan fingerprint density at radius 2 is 1.83 bits per heavy atom. The van der Waals surface area contributed by atoms with Crippen LogP contribution in [-0.2, 0) is 4.79 Å². The van der Waals surface area contributed by atoms with E-state index in [1.54, 1.807) is 0 Å². The van der Waals surface area contributed by atoms with Gasteiger partial charge in [0.2, 0.25) is 5.91 Å². The molecule has 0 spiro atoms. The van der Waals surface area contributed by atoms with E-state index in [-0.39, 0.29) is 30.0 Å². The maximum Gasteiger partial charge on any atom is 0.224 e. The van der Waals surface area contributed by atoms with Gasteiger partial charge in [0.05, 0.1) is 12.0 Å². The number of carbonyl (C=O) groups is 1. The van der Waals surface area contributed by atoms with Crippen LogP contribution >= 0.6 is 0 Å². The van der Waals surface area contributed by atoms with E-state index in [1.165, 1.54) is 0 Å². The largest absolute Gasteiger partial charge is 0.393 e. The molecule has 4 nitrogen and oxygen atoms in total. The SMILES string of the molecule is CC1CCC(N)C(C(=O)NC2CCC(O)CC2)C1. The van der Waals surface area contributed by atoms with Crippen molar-refractivity contribution in [1.82, 2.24) is 5.32 Å². The van der Waals surface area contributed by atoms with Gasteiger partial charge in [-0.15, -0.1) is 0 Å². The predicted molar refractivity (Wildman–Crippen MR) is 70.9 cm³/mol. The Hall–Kier alpha value is -0.610. The smallest absolute Gasteiger partial charge is 0.224 e. The van der Waals surface area contributed by atoms with Crippen LogP contribution in [0.4, 0.5) is 0 Å². The lowest BCUT2D eigenvalue weighted by molar-refractivity contribution is -0.128. The third kappa shape index (κ3) is 3.45. The predicted octanol–water partition coefficient (Wildman–Crippen LogP) is 1.17. The Bertz CT molecular complexity index is 288. The molecule has 2 rings (SSSR count). The second-order valence-electron chi connectivity index (χ2n) is 6.20. The molecule has 18 heavy (non-hydrogen) atoms. The lowest BCUT2D eigenvalue weighted by atomic mass is 9.78. The fourth-order valence-electron chi connectivity index (χ4n) is 3.23. The van der Waals surface area contributed by atoms with E-state index in [0.717, 1.165) is 44.9 Å². The Morgan fingerprint density at radius 3 is 2.50 bits per heavy atom. The van der Waals surface area contributed by atoms with Gasteiger partial charge in [-0.05, 0) is 50.9 Å². The van der Waals surface area contributed by atoms with E-state index in [2.05, 4.69) is 12.2 Å². The summed E-state index contributed by atoms with van der Waals surface area (Å²) in [7, 11) is 0. The molecule has 3 atom stereocenters. The molecule has 3 unspecified atom stereocenters. The molecular weight excluding hydrogens is 228 g/mol. The molecule has 0 aliphatic heterocycles. The van der Waals surface area contributed by atoms with Crippen molar-refractivity contribution in [2.24, 2.45) is 17.6 Å². The molecule has 4 N–H and O–H groups in total. The normalized spacial score (nSPS) is 41.4. The van der Waals surface area contributed by atoms with Gasteiger partial charge in [0.1, 0.15) is 0 Å². The fourth-order valence-corrected chi connectivity index (χ4v) is 3.23. The van der Waals surface area contributed by atoms with Crippen LogP contribution in [0.3, 0.4) is 0 Å². The first kappa shape index (κ1) is 13.8. The second-order valence-corrected chi connectivity index (χ2v) is 6.20. The third-order valence-corrected chi connectivity index (χ3v) is 4.55. The van der Waals surface area contributed by atoms with Crippen molar-refractivity contribution >= 4 is 5.91 Å². The van der Waals surface area contributed by atoms with Crippen molar-refractivity contribution in [3.05, 3.63) is 0 Å². The molecule has 2 aliphatic rings. The summed E-state index contributed by atoms with van der Waals surface area (Å²) in [5.74, 6) is 0.727. The van der Waals surface area contributed by atoms with Gasteiger partial charge < -0.3 is 16.2 Å². The Kier molecular flexibility index (Phi) is 4.62. The monoisotopic (exact) mass is 254 g/mol. The molecule has 2 aliphatic carbocycles. The first-order valence-electron chi connectivity index (χ1n) is 7.30. The van der Waals surface area contributed by atoms with Gasteiger partial charge in [0.15, 0.2) is 0 Å². The van der Waals surface area contributed by atoms with Crippen molar-refractivity contribution in [2.45, 2.75) is 70.1 Å². The average Bonchev–Trinajstić information content (AvgIpc) is 2.35. The summed E-state index contributed by atoms with van der Waals surface area (Å²) in [4.78, 5) is 12.3.